The lowest BCUT2D eigenvalue weighted by atomic mass is 9.98. The first-order valence-electron chi connectivity index (χ1n) is 6.26. The summed E-state index contributed by atoms with van der Waals surface area (Å²) in [6, 6.07) is 0.809. The standard InChI is InChI=1S/C12H20N2O2/c1-9-4-2-5-10(13-9)8-14-11(15)6-3-7-12(14)16/h9-10,13H,2-8H2,1H3. The Balaban J connectivity index is 1.91. The summed E-state index contributed by atoms with van der Waals surface area (Å²) >= 11 is 0. The number of likely N-dealkylation sites (tertiary alicyclic amines) is 1. The lowest BCUT2D eigenvalue weighted by Gasteiger charge is -2.34. The van der Waals surface area contributed by atoms with E-state index in [1.807, 2.05) is 0 Å². The minimum Gasteiger partial charge on any atom is -0.310 e. The maximum absolute atomic E-state index is 11.6. The van der Waals surface area contributed by atoms with Gasteiger partial charge in [0.15, 0.2) is 0 Å². The SMILES string of the molecule is CC1CCCC(CN2C(=O)CCCC2=O)N1. The highest BCUT2D eigenvalue weighted by Gasteiger charge is 2.29. The van der Waals surface area contributed by atoms with Crippen LogP contribution in [0.3, 0.4) is 0 Å². The molecule has 2 aliphatic rings. The number of piperidine rings is 2. The topological polar surface area (TPSA) is 49.4 Å². The summed E-state index contributed by atoms with van der Waals surface area (Å²) in [5.41, 5.74) is 0. The van der Waals surface area contributed by atoms with Gasteiger partial charge in [0.05, 0.1) is 0 Å². The van der Waals surface area contributed by atoms with E-state index in [4.69, 9.17) is 0 Å². The fraction of sp³-hybridized carbons (Fsp3) is 0.833. The quantitative estimate of drug-likeness (QED) is 0.713. The van der Waals surface area contributed by atoms with Gasteiger partial charge in [-0.3, -0.25) is 14.5 Å². The molecule has 0 aromatic carbocycles. The maximum Gasteiger partial charge on any atom is 0.229 e. The van der Waals surface area contributed by atoms with Crippen molar-refractivity contribution in [2.24, 2.45) is 0 Å². The monoisotopic (exact) mass is 224 g/mol. The van der Waals surface area contributed by atoms with Crippen LogP contribution in [0, 0.1) is 0 Å². The Kier molecular flexibility index (Phi) is 3.59. The van der Waals surface area contributed by atoms with Crippen LogP contribution in [0.1, 0.15) is 45.4 Å². The van der Waals surface area contributed by atoms with Crippen molar-refractivity contribution < 1.29 is 9.59 Å². The number of carbonyl (C=O) groups is 2. The molecule has 1 N–H and O–H groups in total. The summed E-state index contributed by atoms with van der Waals surface area (Å²) < 4.78 is 0. The molecule has 0 saturated carbocycles. The molecule has 0 bridgehead atoms. The molecular formula is C12H20N2O2. The molecule has 2 saturated heterocycles. The molecule has 4 heteroatoms. The van der Waals surface area contributed by atoms with Crippen molar-refractivity contribution in [3.8, 4) is 0 Å². The van der Waals surface area contributed by atoms with Crippen molar-refractivity contribution in [1.29, 1.82) is 0 Å². The van der Waals surface area contributed by atoms with Gasteiger partial charge in [-0.05, 0) is 26.2 Å². The zero-order valence-corrected chi connectivity index (χ0v) is 9.87. The molecule has 4 nitrogen and oxygen atoms in total. The Morgan fingerprint density at radius 3 is 2.50 bits per heavy atom. The van der Waals surface area contributed by atoms with Crippen LogP contribution in [0.15, 0.2) is 0 Å². The average Bonchev–Trinajstić information content (AvgIpc) is 2.24. The maximum atomic E-state index is 11.6. The molecule has 0 aromatic heterocycles. The van der Waals surface area contributed by atoms with E-state index in [-0.39, 0.29) is 11.8 Å². The number of hydrogen-bond donors (Lipinski definition) is 1. The lowest BCUT2D eigenvalue weighted by molar-refractivity contribution is -0.148. The molecule has 0 aromatic rings. The molecule has 2 unspecified atom stereocenters. The molecule has 0 aliphatic carbocycles. The molecule has 2 atom stereocenters. The molecule has 2 rings (SSSR count). The predicted octanol–water partition coefficient (Wildman–Crippen LogP) is 1.06. The first kappa shape index (κ1) is 11.6. The third-order valence-corrected chi connectivity index (χ3v) is 3.50. The molecule has 2 aliphatic heterocycles. The van der Waals surface area contributed by atoms with E-state index in [1.54, 1.807) is 0 Å². The number of nitrogens with one attached hydrogen (secondary N) is 1. The predicted molar refractivity (Wildman–Crippen MR) is 60.8 cm³/mol. The van der Waals surface area contributed by atoms with E-state index in [0.29, 0.717) is 31.5 Å². The Morgan fingerprint density at radius 1 is 1.19 bits per heavy atom. The summed E-state index contributed by atoms with van der Waals surface area (Å²) in [6.07, 6.45) is 5.25. The van der Waals surface area contributed by atoms with Crippen LogP contribution in [0.5, 0.6) is 0 Å². The normalized spacial score (nSPS) is 31.9. The van der Waals surface area contributed by atoms with E-state index in [0.717, 1.165) is 12.8 Å². The van der Waals surface area contributed by atoms with Crippen molar-refractivity contribution in [2.45, 2.75) is 57.5 Å². The van der Waals surface area contributed by atoms with Gasteiger partial charge < -0.3 is 5.32 Å². The summed E-state index contributed by atoms with van der Waals surface area (Å²) in [5.74, 6) is 0.0209. The van der Waals surface area contributed by atoms with Gasteiger partial charge >= 0.3 is 0 Å². The average molecular weight is 224 g/mol. The van der Waals surface area contributed by atoms with Crippen molar-refractivity contribution in [1.82, 2.24) is 10.2 Å². The summed E-state index contributed by atoms with van der Waals surface area (Å²) in [6.45, 7) is 2.73. The van der Waals surface area contributed by atoms with Gasteiger partial charge in [-0.25, -0.2) is 0 Å². The van der Waals surface area contributed by atoms with E-state index in [9.17, 15) is 9.59 Å². The van der Waals surface area contributed by atoms with Gasteiger partial charge in [0, 0.05) is 31.5 Å². The summed E-state index contributed by atoms with van der Waals surface area (Å²) in [7, 11) is 0. The van der Waals surface area contributed by atoms with Crippen LogP contribution in [0.4, 0.5) is 0 Å². The summed E-state index contributed by atoms with van der Waals surface area (Å²) in [5, 5.41) is 3.46. The zero-order chi connectivity index (χ0) is 11.5. The van der Waals surface area contributed by atoms with Crippen LogP contribution in [0.2, 0.25) is 0 Å². The largest absolute Gasteiger partial charge is 0.310 e. The van der Waals surface area contributed by atoms with Gasteiger partial charge in [0.25, 0.3) is 0 Å². The molecule has 2 fully saturated rings. The number of hydrogen-bond acceptors (Lipinski definition) is 3. The molecule has 0 spiro atoms. The van der Waals surface area contributed by atoms with Crippen molar-refractivity contribution >= 4 is 11.8 Å². The van der Waals surface area contributed by atoms with Gasteiger partial charge in [-0.1, -0.05) is 6.42 Å². The fourth-order valence-electron chi connectivity index (χ4n) is 2.61. The smallest absolute Gasteiger partial charge is 0.229 e. The zero-order valence-electron chi connectivity index (χ0n) is 9.87. The minimum atomic E-state index is 0.0104. The lowest BCUT2D eigenvalue weighted by Crippen LogP contribution is -2.51. The number of carbonyl (C=O) groups excluding carboxylic acids is 2. The number of rotatable bonds is 2. The molecule has 2 heterocycles. The second kappa shape index (κ2) is 4.95. The van der Waals surface area contributed by atoms with Crippen molar-refractivity contribution in [3.63, 3.8) is 0 Å². The fourth-order valence-corrected chi connectivity index (χ4v) is 2.61. The Bertz CT molecular complexity index is 275. The first-order valence-corrected chi connectivity index (χ1v) is 6.26. The summed E-state index contributed by atoms with van der Waals surface area (Å²) in [4.78, 5) is 24.7. The second-order valence-corrected chi connectivity index (χ2v) is 4.95. The Hall–Kier alpha value is -0.900. The van der Waals surface area contributed by atoms with Crippen LogP contribution in [-0.2, 0) is 9.59 Å². The third kappa shape index (κ3) is 2.61. The van der Waals surface area contributed by atoms with Gasteiger partial charge in [0.1, 0.15) is 0 Å². The number of amides is 2. The number of nitrogens with zero attached hydrogens (tertiary/aromatic N) is 1. The Morgan fingerprint density at radius 2 is 1.88 bits per heavy atom. The molecule has 0 radical (unpaired) electrons. The van der Waals surface area contributed by atoms with Gasteiger partial charge in [0.2, 0.25) is 11.8 Å². The molecule has 90 valence electrons. The van der Waals surface area contributed by atoms with Crippen LogP contribution < -0.4 is 5.32 Å². The van der Waals surface area contributed by atoms with E-state index in [2.05, 4.69) is 12.2 Å². The highest BCUT2D eigenvalue weighted by molar-refractivity contribution is 5.97. The number of imide groups is 1. The van der Waals surface area contributed by atoms with Crippen molar-refractivity contribution in [3.05, 3.63) is 0 Å². The second-order valence-electron chi connectivity index (χ2n) is 4.95. The molecule has 16 heavy (non-hydrogen) atoms. The molecule has 2 amide bonds. The first-order chi connectivity index (χ1) is 7.66. The van der Waals surface area contributed by atoms with Gasteiger partial charge in [-0.15, -0.1) is 0 Å². The van der Waals surface area contributed by atoms with Crippen LogP contribution in [0.25, 0.3) is 0 Å². The van der Waals surface area contributed by atoms with E-state index >= 15 is 0 Å². The third-order valence-electron chi connectivity index (χ3n) is 3.50. The minimum absolute atomic E-state index is 0.0104. The van der Waals surface area contributed by atoms with Gasteiger partial charge in [-0.2, -0.15) is 0 Å². The van der Waals surface area contributed by atoms with E-state index < -0.39 is 0 Å². The molecular weight excluding hydrogens is 204 g/mol. The Labute approximate surface area is 96.4 Å². The van der Waals surface area contributed by atoms with E-state index in [1.165, 1.54) is 17.7 Å². The van der Waals surface area contributed by atoms with Crippen LogP contribution >= 0.6 is 0 Å². The van der Waals surface area contributed by atoms with Crippen molar-refractivity contribution in [2.75, 3.05) is 6.54 Å². The highest BCUT2D eigenvalue weighted by Crippen LogP contribution is 2.17. The van der Waals surface area contributed by atoms with Crippen LogP contribution in [-0.4, -0.2) is 35.3 Å². The highest BCUT2D eigenvalue weighted by atomic mass is 16.2.